The summed E-state index contributed by atoms with van der Waals surface area (Å²) in [6.45, 7) is 2.51. The molecule has 0 rings (SSSR count). The normalized spacial score (nSPS) is 8.73. The van der Waals surface area contributed by atoms with Gasteiger partial charge in [-0.25, -0.2) is 0 Å². The van der Waals surface area contributed by atoms with Gasteiger partial charge in [-0.2, -0.15) is 11.8 Å². The van der Waals surface area contributed by atoms with E-state index in [0.717, 1.165) is 5.75 Å². The highest BCUT2D eigenvalue weighted by atomic mass is 32.2. The minimum atomic E-state index is 0.328. The van der Waals surface area contributed by atoms with Crippen LogP contribution < -0.4 is 0 Å². The van der Waals surface area contributed by atoms with Crippen molar-refractivity contribution < 1.29 is 9.84 Å². The van der Waals surface area contributed by atoms with Crippen molar-refractivity contribution in [2.45, 2.75) is 19.8 Å². The zero-order chi connectivity index (χ0) is 8.95. The Hall–Kier alpha value is 0.270. The molecule has 0 unspecified atom stereocenters. The lowest BCUT2D eigenvalue weighted by Crippen LogP contribution is -1.87. The molecule has 11 heavy (non-hydrogen) atoms. The number of methoxy groups -OCH3 is 1. The van der Waals surface area contributed by atoms with Crippen LogP contribution in [0.1, 0.15) is 19.8 Å². The van der Waals surface area contributed by atoms with Gasteiger partial charge in [0.2, 0.25) is 0 Å². The molecule has 0 aliphatic rings. The first-order valence-electron chi connectivity index (χ1n) is 3.92. The summed E-state index contributed by atoms with van der Waals surface area (Å²) in [7, 11) is 3.25. The van der Waals surface area contributed by atoms with Crippen molar-refractivity contribution in [1.29, 1.82) is 0 Å². The smallest absolute Gasteiger partial charge is 0.0521 e. The molecule has 2 nitrogen and oxygen atoms in total. The molecule has 0 atom stereocenters. The minimum Gasteiger partial charge on any atom is -0.396 e. The van der Waals surface area contributed by atoms with Gasteiger partial charge in [0.15, 0.2) is 0 Å². The number of aliphatic hydroxyl groups is 1. The Morgan fingerprint density at radius 2 is 1.82 bits per heavy atom. The highest BCUT2D eigenvalue weighted by Crippen LogP contribution is 2.01. The van der Waals surface area contributed by atoms with Crippen molar-refractivity contribution in [2.75, 3.05) is 32.3 Å². The standard InChI is InChI=1S/C6H14OS.C2H6O/c1-2-3-5-8-6-4-7;1-3-2/h7H,2-6H2,1H3;1-2H3. The molecular formula is C8H20O2S. The van der Waals surface area contributed by atoms with E-state index in [0.29, 0.717) is 6.61 Å². The maximum atomic E-state index is 8.34. The summed E-state index contributed by atoms with van der Waals surface area (Å²) in [6.07, 6.45) is 2.54. The predicted molar refractivity (Wildman–Crippen MR) is 52.3 cm³/mol. The van der Waals surface area contributed by atoms with Crippen LogP contribution in [0.3, 0.4) is 0 Å². The summed E-state index contributed by atoms with van der Waals surface area (Å²) in [4.78, 5) is 0. The molecular weight excluding hydrogens is 160 g/mol. The first kappa shape index (κ1) is 13.8. The first-order chi connectivity index (χ1) is 5.33. The first-order valence-corrected chi connectivity index (χ1v) is 5.07. The number of unbranched alkanes of at least 4 members (excludes halogenated alkanes) is 1. The number of rotatable bonds is 5. The van der Waals surface area contributed by atoms with Crippen LogP contribution in [0, 0.1) is 0 Å². The van der Waals surface area contributed by atoms with Gasteiger partial charge in [-0.15, -0.1) is 0 Å². The molecule has 3 heteroatoms. The van der Waals surface area contributed by atoms with E-state index >= 15 is 0 Å². The van der Waals surface area contributed by atoms with E-state index in [1.807, 2.05) is 11.8 Å². The zero-order valence-electron chi connectivity index (χ0n) is 7.80. The SMILES string of the molecule is CCCCSCCO.COC. The Morgan fingerprint density at radius 3 is 2.18 bits per heavy atom. The fourth-order valence-corrected chi connectivity index (χ4v) is 1.24. The highest BCUT2D eigenvalue weighted by Gasteiger charge is 1.83. The summed E-state index contributed by atoms with van der Waals surface area (Å²) < 4.78 is 4.25. The van der Waals surface area contributed by atoms with Gasteiger partial charge in [0.1, 0.15) is 0 Å². The molecule has 0 saturated heterocycles. The largest absolute Gasteiger partial charge is 0.396 e. The lowest BCUT2D eigenvalue weighted by molar-refractivity contribution is 0.277. The Labute approximate surface area is 74.3 Å². The third-order valence-corrected chi connectivity index (χ3v) is 1.93. The van der Waals surface area contributed by atoms with Crippen molar-refractivity contribution >= 4 is 11.8 Å². The summed E-state index contributed by atoms with van der Waals surface area (Å²) in [6, 6.07) is 0. The Kier molecular flexibility index (Phi) is 21.0. The molecule has 0 saturated carbocycles. The molecule has 0 aromatic heterocycles. The molecule has 0 aromatic rings. The lowest BCUT2D eigenvalue weighted by Gasteiger charge is -1.93. The topological polar surface area (TPSA) is 29.5 Å². The van der Waals surface area contributed by atoms with Crippen LogP contribution >= 0.6 is 11.8 Å². The van der Waals surface area contributed by atoms with E-state index in [2.05, 4.69) is 11.7 Å². The third kappa shape index (κ3) is 25.3. The molecule has 0 bridgehead atoms. The predicted octanol–water partition coefficient (Wildman–Crippen LogP) is 1.77. The Morgan fingerprint density at radius 1 is 1.27 bits per heavy atom. The molecule has 0 aliphatic heterocycles. The monoisotopic (exact) mass is 180 g/mol. The highest BCUT2D eigenvalue weighted by molar-refractivity contribution is 7.99. The van der Waals surface area contributed by atoms with Crippen molar-refractivity contribution in [1.82, 2.24) is 0 Å². The molecule has 70 valence electrons. The average Bonchev–Trinajstić information content (AvgIpc) is 2.00. The van der Waals surface area contributed by atoms with Crippen LogP contribution in [-0.2, 0) is 4.74 Å². The molecule has 0 aliphatic carbocycles. The van der Waals surface area contributed by atoms with E-state index in [1.165, 1.54) is 18.6 Å². The van der Waals surface area contributed by atoms with E-state index in [-0.39, 0.29) is 0 Å². The van der Waals surface area contributed by atoms with Gasteiger partial charge in [0, 0.05) is 20.0 Å². The fraction of sp³-hybridized carbons (Fsp3) is 1.00. The second-order valence-electron chi connectivity index (χ2n) is 2.10. The lowest BCUT2D eigenvalue weighted by atomic mass is 10.4. The molecule has 1 N–H and O–H groups in total. The number of hydrogen-bond donors (Lipinski definition) is 1. The van der Waals surface area contributed by atoms with Crippen LogP contribution in [0.5, 0.6) is 0 Å². The van der Waals surface area contributed by atoms with Crippen molar-refractivity contribution in [3.8, 4) is 0 Å². The van der Waals surface area contributed by atoms with E-state index < -0.39 is 0 Å². The van der Waals surface area contributed by atoms with Gasteiger partial charge in [-0.05, 0) is 12.2 Å². The second kappa shape index (κ2) is 16.7. The molecule has 0 amide bonds. The maximum absolute atomic E-state index is 8.34. The zero-order valence-corrected chi connectivity index (χ0v) is 8.62. The maximum Gasteiger partial charge on any atom is 0.0521 e. The van der Waals surface area contributed by atoms with Crippen LogP contribution in [0.2, 0.25) is 0 Å². The molecule has 0 aromatic carbocycles. The number of aliphatic hydroxyl groups excluding tert-OH is 1. The van der Waals surface area contributed by atoms with E-state index in [1.54, 1.807) is 14.2 Å². The van der Waals surface area contributed by atoms with Crippen molar-refractivity contribution in [2.24, 2.45) is 0 Å². The molecule has 0 fully saturated rings. The molecule has 0 heterocycles. The van der Waals surface area contributed by atoms with Gasteiger partial charge >= 0.3 is 0 Å². The van der Waals surface area contributed by atoms with Crippen LogP contribution in [-0.4, -0.2) is 37.4 Å². The Bertz CT molecular complexity index is 45.4. The van der Waals surface area contributed by atoms with Gasteiger partial charge in [0.05, 0.1) is 6.61 Å². The molecule has 0 radical (unpaired) electrons. The van der Waals surface area contributed by atoms with Crippen molar-refractivity contribution in [3.05, 3.63) is 0 Å². The average molecular weight is 180 g/mol. The van der Waals surface area contributed by atoms with Crippen molar-refractivity contribution in [3.63, 3.8) is 0 Å². The van der Waals surface area contributed by atoms with E-state index in [4.69, 9.17) is 5.11 Å². The Balaban J connectivity index is 0. The fourth-order valence-electron chi connectivity index (χ4n) is 0.413. The summed E-state index contributed by atoms with van der Waals surface area (Å²) in [5, 5.41) is 8.34. The van der Waals surface area contributed by atoms with Gasteiger partial charge in [-0.1, -0.05) is 13.3 Å². The summed E-state index contributed by atoms with van der Waals surface area (Å²) >= 11 is 1.83. The van der Waals surface area contributed by atoms with Crippen LogP contribution in [0.15, 0.2) is 0 Å². The number of thioether (sulfide) groups is 1. The van der Waals surface area contributed by atoms with Gasteiger partial charge in [-0.3, -0.25) is 0 Å². The summed E-state index contributed by atoms with van der Waals surface area (Å²) in [5.41, 5.74) is 0. The van der Waals surface area contributed by atoms with Gasteiger partial charge in [0.25, 0.3) is 0 Å². The van der Waals surface area contributed by atoms with Gasteiger partial charge < -0.3 is 9.84 Å². The summed E-state index contributed by atoms with van der Waals surface area (Å²) in [5.74, 6) is 2.11. The number of hydrogen-bond acceptors (Lipinski definition) is 3. The minimum absolute atomic E-state index is 0.328. The van der Waals surface area contributed by atoms with Crippen LogP contribution in [0.4, 0.5) is 0 Å². The quantitative estimate of drug-likeness (QED) is 0.654. The van der Waals surface area contributed by atoms with Crippen LogP contribution in [0.25, 0.3) is 0 Å². The second-order valence-corrected chi connectivity index (χ2v) is 3.32. The van der Waals surface area contributed by atoms with E-state index in [9.17, 15) is 0 Å². The molecule has 0 spiro atoms. The third-order valence-electron chi connectivity index (χ3n) is 0.878. The number of ether oxygens (including phenoxy) is 1.